The molecule has 1 aromatic carbocycles. The highest BCUT2D eigenvalue weighted by Gasteiger charge is 2.24. The summed E-state index contributed by atoms with van der Waals surface area (Å²) in [6, 6.07) is 2.79. The second-order valence-electron chi connectivity index (χ2n) is 6.57. The van der Waals surface area contributed by atoms with Gasteiger partial charge in [0.2, 0.25) is 5.95 Å². The molecule has 12 heteroatoms. The van der Waals surface area contributed by atoms with E-state index in [9.17, 15) is 17.6 Å². The van der Waals surface area contributed by atoms with Gasteiger partial charge in [-0.2, -0.15) is 8.78 Å². The van der Waals surface area contributed by atoms with Crippen molar-refractivity contribution in [2.24, 2.45) is 0 Å². The molecule has 0 bridgehead atoms. The van der Waals surface area contributed by atoms with Crippen LogP contribution in [0.15, 0.2) is 35.0 Å². The molecule has 0 radical (unpaired) electrons. The van der Waals surface area contributed by atoms with Crippen LogP contribution in [-0.2, 0) is 0 Å². The van der Waals surface area contributed by atoms with Crippen LogP contribution in [0.25, 0.3) is 11.5 Å². The Morgan fingerprint density at radius 2 is 1.90 bits per heavy atom. The lowest BCUT2D eigenvalue weighted by Gasteiger charge is -2.20. The molecule has 2 aromatic heterocycles. The summed E-state index contributed by atoms with van der Waals surface area (Å²) in [5, 5.41) is 10.3. The van der Waals surface area contributed by atoms with Crippen molar-refractivity contribution in [3.63, 3.8) is 0 Å². The lowest BCUT2D eigenvalue weighted by atomic mass is 10.1. The molecule has 2 heterocycles. The van der Waals surface area contributed by atoms with E-state index in [-0.39, 0.29) is 23.0 Å². The molecule has 4 rings (SSSR count). The van der Waals surface area contributed by atoms with E-state index in [1.165, 1.54) is 24.5 Å². The summed E-state index contributed by atoms with van der Waals surface area (Å²) in [6.45, 7) is 0.343. The standard InChI is InChI=1S/C18H16F4N6OS/c19-10-1-4-12(13(20)5-10)14(8-25-30-11-2-3-11)26-18-23-6-9(7-24-18)16-27-28-17(29-16)15(21)22/h1,4-7,11,14-15,25H,2-3,8H2,(H,23,24,26). The van der Waals surface area contributed by atoms with E-state index in [4.69, 9.17) is 4.42 Å². The predicted octanol–water partition coefficient (Wildman–Crippen LogP) is 4.30. The average Bonchev–Trinajstić information content (AvgIpc) is 3.40. The van der Waals surface area contributed by atoms with Crippen molar-refractivity contribution in [3.05, 3.63) is 53.7 Å². The largest absolute Gasteiger partial charge is 0.415 e. The summed E-state index contributed by atoms with van der Waals surface area (Å²) >= 11 is 1.57. The lowest BCUT2D eigenvalue weighted by Crippen LogP contribution is -2.24. The maximum absolute atomic E-state index is 14.3. The fourth-order valence-corrected chi connectivity index (χ4v) is 3.44. The van der Waals surface area contributed by atoms with Gasteiger partial charge in [0, 0.05) is 35.8 Å². The Morgan fingerprint density at radius 1 is 1.13 bits per heavy atom. The Hall–Kier alpha value is -2.73. The molecule has 1 aliphatic carbocycles. The molecule has 1 unspecified atom stereocenters. The zero-order chi connectivity index (χ0) is 21.1. The number of halogens is 4. The number of nitrogens with one attached hydrogen (secondary N) is 2. The molecule has 2 N–H and O–H groups in total. The number of anilines is 1. The monoisotopic (exact) mass is 440 g/mol. The Labute approximate surface area is 172 Å². The number of rotatable bonds is 9. The van der Waals surface area contributed by atoms with Crippen LogP contribution in [-0.4, -0.2) is 32.0 Å². The highest BCUT2D eigenvalue weighted by molar-refractivity contribution is 7.98. The third-order valence-electron chi connectivity index (χ3n) is 4.23. The maximum atomic E-state index is 14.3. The van der Waals surface area contributed by atoms with E-state index in [2.05, 4.69) is 30.2 Å². The van der Waals surface area contributed by atoms with Gasteiger partial charge in [-0.25, -0.2) is 18.7 Å². The molecule has 0 aliphatic heterocycles. The van der Waals surface area contributed by atoms with E-state index in [0.29, 0.717) is 11.8 Å². The third-order valence-corrected chi connectivity index (χ3v) is 5.37. The summed E-state index contributed by atoms with van der Waals surface area (Å²) in [6.07, 6.45) is 2.04. The van der Waals surface area contributed by atoms with Crippen molar-refractivity contribution >= 4 is 17.9 Å². The Balaban J connectivity index is 1.49. The second kappa shape index (κ2) is 8.96. The fraction of sp³-hybridized carbons (Fsp3) is 0.333. The Kier molecular flexibility index (Phi) is 6.13. The molecule has 0 amide bonds. The van der Waals surface area contributed by atoms with Crippen molar-refractivity contribution in [3.8, 4) is 11.5 Å². The summed E-state index contributed by atoms with van der Waals surface area (Å²) in [5.41, 5.74) is 0.512. The first-order valence-corrected chi connectivity index (χ1v) is 9.91. The molecule has 30 heavy (non-hydrogen) atoms. The van der Waals surface area contributed by atoms with E-state index in [1.54, 1.807) is 11.9 Å². The molecule has 1 atom stereocenters. The van der Waals surface area contributed by atoms with Gasteiger partial charge >= 0.3 is 6.43 Å². The van der Waals surface area contributed by atoms with Gasteiger partial charge in [-0.05, 0) is 18.9 Å². The highest BCUT2D eigenvalue weighted by atomic mass is 32.2. The van der Waals surface area contributed by atoms with Crippen molar-refractivity contribution in [2.45, 2.75) is 30.6 Å². The first kappa shape index (κ1) is 20.5. The van der Waals surface area contributed by atoms with Gasteiger partial charge in [-0.15, -0.1) is 10.2 Å². The van der Waals surface area contributed by atoms with Gasteiger partial charge in [-0.3, -0.25) is 4.72 Å². The van der Waals surface area contributed by atoms with Gasteiger partial charge < -0.3 is 9.73 Å². The maximum Gasteiger partial charge on any atom is 0.314 e. The summed E-state index contributed by atoms with van der Waals surface area (Å²) in [5.74, 6) is -2.12. The first-order chi connectivity index (χ1) is 14.5. The van der Waals surface area contributed by atoms with Gasteiger partial charge in [0.15, 0.2) is 0 Å². The van der Waals surface area contributed by atoms with Crippen LogP contribution in [0, 0.1) is 11.6 Å². The minimum absolute atomic E-state index is 0.138. The van der Waals surface area contributed by atoms with Crippen LogP contribution >= 0.6 is 11.9 Å². The molecule has 7 nitrogen and oxygen atoms in total. The van der Waals surface area contributed by atoms with Gasteiger partial charge in [-0.1, -0.05) is 18.0 Å². The molecule has 1 aliphatic rings. The van der Waals surface area contributed by atoms with Crippen LogP contribution in [0.4, 0.5) is 23.5 Å². The SMILES string of the molecule is Fc1ccc(C(CNSC2CC2)Nc2ncc(-c3nnc(C(F)F)o3)cn2)c(F)c1. The Morgan fingerprint density at radius 3 is 2.53 bits per heavy atom. The van der Waals surface area contributed by atoms with Crippen molar-refractivity contribution in [2.75, 3.05) is 11.9 Å². The van der Waals surface area contributed by atoms with Crippen LogP contribution in [0.5, 0.6) is 0 Å². The van der Waals surface area contributed by atoms with Crippen LogP contribution in [0.3, 0.4) is 0 Å². The van der Waals surface area contributed by atoms with Crippen molar-refractivity contribution in [1.29, 1.82) is 0 Å². The first-order valence-electron chi connectivity index (χ1n) is 9.03. The molecule has 1 saturated carbocycles. The molecule has 158 valence electrons. The minimum Gasteiger partial charge on any atom is -0.415 e. The number of hydrogen-bond acceptors (Lipinski definition) is 8. The quantitative estimate of drug-likeness (QED) is 0.376. The van der Waals surface area contributed by atoms with Crippen molar-refractivity contribution in [1.82, 2.24) is 24.9 Å². The smallest absolute Gasteiger partial charge is 0.314 e. The highest BCUT2D eigenvalue weighted by Crippen LogP contribution is 2.32. The Bertz CT molecular complexity index is 999. The summed E-state index contributed by atoms with van der Waals surface area (Å²) in [4.78, 5) is 8.22. The van der Waals surface area contributed by atoms with Gasteiger partial charge in [0.25, 0.3) is 11.8 Å². The number of nitrogens with zero attached hydrogens (tertiary/aromatic N) is 4. The molecule has 3 aromatic rings. The number of benzene rings is 1. The number of alkyl halides is 2. The predicted molar refractivity (Wildman–Crippen MR) is 102 cm³/mol. The number of aromatic nitrogens is 4. The van der Waals surface area contributed by atoms with Crippen LogP contribution in [0.2, 0.25) is 0 Å². The molecule has 0 spiro atoms. The van der Waals surface area contributed by atoms with Crippen molar-refractivity contribution < 1.29 is 22.0 Å². The van der Waals surface area contributed by atoms with E-state index < -0.39 is 30.0 Å². The summed E-state index contributed by atoms with van der Waals surface area (Å²) < 4.78 is 60.8. The van der Waals surface area contributed by atoms with E-state index >= 15 is 0 Å². The fourth-order valence-electron chi connectivity index (χ4n) is 2.57. The van der Waals surface area contributed by atoms with Crippen LogP contribution in [0.1, 0.15) is 36.8 Å². The third kappa shape index (κ3) is 5.05. The topological polar surface area (TPSA) is 88.8 Å². The van der Waals surface area contributed by atoms with Crippen LogP contribution < -0.4 is 10.0 Å². The molecule has 0 saturated heterocycles. The molecule has 1 fully saturated rings. The van der Waals surface area contributed by atoms with Gasteiger partial charge in [0.1, 0.15) is 11.6 Å². The number of hydrogen-bond donors (Lipinski definition) is 2. The minimum atomic E-state index is -2.87. The second-order valence-corrected chi connectivity index (χ2v) is 7.76. The van der Waals surface area contributed by atoms with E-state index in [1.807, 2.05) is 0 Å². The molecular weight excluding hydrogens is 424 g/mol. The lowest BCUT2D eigenvalue weighted by molar-refractivity contribution is 0.116. The average molecular weight is 440 g/mol. The molecular formula is C18H16F4N6OS. The zero-order valence-corrected chi connectivity index (χ0v) is 16.2. The summed E-state index contributed by atoms with van der Waals surface area (Å²) in [7, 11) is 0. The zero-order valence-electron chi connectivity index (χ0n) is 15.4. The van der Waals surface area contributed by atoms with E-state index in [0.717, 1.165) is 18.9 Å². The van der Waals surface area contributed by atoms with Gasteiger partial charge in [0.05, 0.1) is 11.6 Å². The normalized spacial score (nSPS) is 14.8.